The van der Waals surface area contributed by atoms with Crippen LogP contribution in [0.4, 0.5) is 0 Å². The van der Waals surface area contributed by atoms with Crippen molar-refractivity contribution >= 4 is 15.7 Å². The van der Waals surface area contributed by atoms with Gasteiger partial charge in [-0.2, -0.15) is 0 Å². The summed E-state index contributed by atoms with van der Waals surface area (Å²) in [6.07, 6.45) is 0.434. The van der Waals surface area contributed by atoms with E-state index in [2.05, 4.69) is 0 Å². The molecular formula is C19H21NO3S. The number of aryl methyl sites for hydroxylation is 1. The Morgan fingerprint density at radius 1 is 1.04 bits per heavy atom. The number of carbonyl (C=O) groups excluding carboxylic acids is 1. The van der Waals surface area contributed by atoms with Crippen LogP contribution in [0, 0.1) is 6.92 Å². The van der Waals surface area contributed by atoms with Gasteiger partial charge in [0.2, 0.25) is 0 Å². The van der Waals surface area contributed by atoms with Crippen molar-refractivity contribution in [2.24, 2.45) is 0 Å². The number of rotatable bonds is 2. The van der Waals surface area contributed by atoms with Crippen molar-refractivity contribution in [2.75, 3.05) is 18.8 Å². The fourth-order valence-electron chi connectivity index (χ4n) is 3.15. The van der Waals surface area contributed by atoms with Crippen LogP contribution in [0.25, 0.3) is 0 Å². The minimum absolute atomic E-state index is 0.00408. The number of nitrogens with zero attached hydrogens (tertiary/aromatic N) is 1. The van der Waals surface area contributed by atoms with E-state index in [-0.39, 0.29) is 18.2 Å². The molecule has 1 aliphatic heterocycles. The standard InChI is InChI=1S/C19H21NO3S/c1-15-6-5-9-17(14-15)19(21)20-11-10-18(24(22,23)13-12-20)16-7-3-2-4-8-16/h2-9,14,18H,10-13H2,1H3. The molecule has 0 bridgehead atoms. The molecule has 3 rings (SSSR count). The monoisotopic (exact) mass is 343 g/mol. The Hall–Kier alpha value is -2.14. The highest BCUT2D eigenvalue weighted by Crippen LogP contribution is 2.29. The normalized spacial score (nSPS) is 20.4. The first kappa shape index (κ1) is 16.7. The number of carbonyl (C=O) groups is 1. The molecule has 0 radical (unpaired) electrons. The van der Waals surface area contributed by atoms with Gasteiger partial charge in [0.15, 0.2) is 9.84 Å². The van der Waals surface area contributed by atoms with Gasteiger partial charge in [0.25, 0.3) is 5.91 Å². The number of hydrogen-bond donors (Lipinski definition) is 0. The first-order valence-electron chi connectivity index (χ1n) is 8.10. The van der Waals surface area contributed by atoms with E-state index in [1.165, 1.54) is 0 Å². The van der Waals surface area contributed by atoms with Crippen molar-refractivity contribution < 1.29 is 13.2 Å². The quantitative estimate of drug-likeness (QED) is 0.842. The molecule has 0 aromatic heterocycles. The predicted molar refractivity (Wildman–Crippen MR) is 94.7 cm³/mol. The highest BCUT2D eigenvalue weighted by Gasteiger charge is 2.32. The third-order valence-electron chi connectivity index (χ3n) is 4.46. The SMILES string of the molecule is Cc1cccc(C(=O)N2CCC(c3ccccc3)S(=O)(=O)CC2)c1. The van der Waals surface area contributed by atoms with Crippen LogP contribution in [0.3, 0.4) is 0 Å². The van der Waals surface area contributed by atoms with Crippen molar-refractivity contribution in [3.05, 3.63) is 71.3 Å². The average molecular weight is 343 g/mol. The fourth-order valence-corrected chi connectivity index (χ4v) is 4.95. The molecule has 1 heterocycles. The Kier molecular flexibility index (Phi) is 4.71. The lowest BCUT2D eigenvalue weighted by Crippen LogP contribution is -2.33. The maximum absolute atomic E-state index is 12.7. The fraction of sp³-hybridized carbons (Fsp3) is 0.316. The number of sulfone groups is 1. The first-order chi connectivity index (χ1) is 11.5. The molecule has 1 amide bonds. The van der Waals surface area contributed by atoms with E-state index in [0.717, 1.165) is 11.1 Å². The minimum atomic E-state index is -3.26. The van der Waals surface area contributed by atoms with Gasteiger partial charge in [-0.25, -0.2) is 8.42 Å². The topological polar surface area (TPSA) is 54.5 Å². The highest BCUT2D eigenvalue weighted by molar-refractivity contribution is 7.91. The predicted octanol–water partition coefficient (Wildman–Crippen LogP) is 3.00. The third kappa shape index (κ3) is 3.51. The van der Waals surface area contributed by atoms with Gasteiger partial charge in [-0.1, -0.05) is 48.0 Å². The molecule has 4 nitrogen and oxygen atoms in total. The van der Waals surface area contributed by atoms with Gasteiger partial charge < -0.3 is 4.90 Å². The van der Waals surface area contributed by atoms with Gasteiger partial charge >= 0.3 is 0 Å². The van der Waals surface area contributed by atoms with E-state index >= 15 is 0 Å². The van der Waals surface area contributed by atoms with Gasteiger partial charge in [0.1, 0.15) is 0 Å². The second-order valence-corrected chi connectivity index (χ2v) is 8.52. The second kappa shape index (κ2) is 6.77. The zero-order chi connectivity index (χ0) is 17.2. The van der Waals surface area contributed by atoms with Gasteiger partial charge in [0.05, 0.1) is 11.0 Å². The molecule has 0 saturated carbocycles. The Morgan fingerprint density at radius 2 is 1.79 bits per heavy atom. The zero-order valence-corrected chi connectivity index (χ0v) is 14.5. The summed E-state index contributed by atoms with van der Waals surface area (Å²) < 4.78 is 25.2. The van der Waals surface area contributed by atoms with Crippen molar-refractivity contribution in [3.8, 4) is 0 Å². The van der Waals surface area contributed by atoms with E-state index in [1.54, 1.807) is 11.0 Å². The van der Waals surface area contributed by atoms with Gasteiger partial charge in [-0.05, 0) is 31.0 Å². The molecule has 1 aliphatic rings. The lowest BCUT2D eigenvalue weighted by molar-refractivity contribution is 0.0766. The van der Waals surface area contributed by atoms with Crippen LogP contribution in [0.1, 0.15) is 33.2 Å². The van der Waals surface area contributed by atoms with Crippen molar-refractivity contribution in [1.82, 2.24) is 4.90 Å². The molecule has 2 aromatic carbocycles. The van der Waals surface area contributed by atoms with Crippen LogP contribution >= 0.6 is 0 Å². The maximum atomic E-state index is 12.7. The van der Waals surface area contributed by atoms with Crippen LogP contribution in [0.2, 0.25) is 0 Å². The van der Waals surface area contributed by atoms with Crippen molar-refractivity contribution in [3.63, 3.8) is 0 Å². The number of benzene rings is 2. The summed E-state index contributed by atoms with van der Waals surface area (Å²) in [5, 5.41) is -0.533. The van der Waals surface area contributed by atoms with Crippen LogP contribution in [0.5, 0.6) is 0 Å². The molecule has 0 N–H and O–H groups in total. The largest absolute Gasteiger partial charge is 0.338 e. The summed E-state index contributed by atoms with van der Waals surface area (Å²) in [7, 11) is -3.26. The number of hydrogen-bond acceptors (Lipinski definition) is 3. The molecule has 1 saturated heterocycles. The summed E-state index contributed by atoms with van der Waals surface area (Å²) >= 11 is 0. The van der Waals surface area contributed by atoms with Crippen LogP contribution < -0.4 is 0 Å². The summed E-state index contributed by atoms with van der Waals surface area (Å²) in [5.74, 6) is -0.0907. The molecule has 0 aliphatic carbocycles. The third-order valence-corrected chi connectivity index (χ3v) is 6.59. The molecule has 5 heteroatoms. The molecule has 1 fully saturated rings. The summed E-state index contributed by atoms with van der Waals surface area (Å²) in [4.78, 5) is 14.4. The summed E-state index contributed by atoms with van der Waals surface area (Å²) in [6, 6.07) is 16.7. The number of amides is 1. The van der Waals surface area contributed by atoms with Gasteiger partial charge in [-0.3, -0.25) is 4.79 Å². The summed E-state index contributed by atoms with van der Waals surface area (Å²) in [5.41, 5.74) is 2.44. The van der Waals surface area contributed by atoms with Gasteiger partial charge in [-0.15, -0.1) is 0 Å². The lowest BCUT2D eigenvalue weighted by Gasteiger charge is -2.20. The maximum Gasteiger partial charge on any atom is 0.253 e. The Labute approximate surface area is 143 Å². The Balaban J connectivity index is 1.82. The smallest absolute Gasteiger partial charge is 0.253 e. The lowest BCUT2D eigenvalue weighted by atomic mass is 10.1. The van der Waals surface area contributed by atoms with E-state index in [1.807, 2.05) is 55.5 Å². The second-order valence-electron chi connectivity index (χ2n) is 6.22. The molecule has 0 spiro atoms. The van der Waals surface area contributed by atoms with Crippen LogP contribution in [0.15, 0.2) is 54.6 Å². The molecule has 24 heavy (non-hydrogen) atoms. The van der Waals surface area contributed by atoms with E-state index in [4.69, 9.17) is 0 Å². The minimum Gasteiger partial charge on any atom is -0.338 e. The molecule has 1 atom stereocenters. The molecule has 126 valence electrons. The van der Waals surface area contributed by atoms with E-state index in [9.17, 15) is 13.2 Å². The van der Waals surface area contributed by atoms with Crippen molar-refractivity contribution in [2.45, 2.75) is 18.6 Å². The van der Waals surface area contributed by atoms with E-state index < -0.39 is 15.1 Å². The summed E-state index contributed by atoms with van der Waals surface area (Å²) in [6.45, 7) is 2.64. The van der Waals surface area contributed by atoms with Crippen LogP contribution in [-0.2, 0) is 9.84 Å². The van der Waals surface area contributed by atoms with E-state index in [0.29, 0.717) is 18.5 Å². The molecular weight excluding hydrogens is 322 g/mol. The Bertz CT molecular complexity index is 831. The Morgan fingerprint density at radius 3 is 2.50 bits per heavy atom. The highest BCUT2D eigenvalue weighted by atomic mass is 32.2. The van der Waals surface area contributed by atoms with Crippen molar-refractivity contribution in [1.29, 1.82) is 0 Å². The van der Waals surface area contributed by atoms with Crippen LogP contribution in [-0.4, -0.2) is 38.1 Å². The van der Waals surface area contributed by atoms with Gasteiger partial charge in [0, 0.05) is 18.7 Å². The zero-order valence-electron chi connectivity index (χ0n) is 13.7. The molecule has 1 unspecified atom stereocenters. The first-order valence-corrected chi connectivity index (χ1v) is 9.81. The average Bonchev–Trinajstić information content (AvgIpc) is 2.73. The molecule has 2 aromatic rings.